The number of fused-ring (bicyclic) bond motifs is 5. The Balaban J connectivity index is 1.40. The van der Waals surface area contributed by atoms with E-state index in [1.807, 2.05) is 48.5 Å². The third-order valence-corrected chi connectivity index (χ3v) is 7.21. The van der Waals surface area contributed by atoms with Gasteiger partial charge in [-0.2, -0.15) is 0 Å². The third-order valence-electron chi connectivity index (χ3n) is 7.21. The molecule has 0 radical (unpaired) electrons. The Morgan fingerprint density at radius 1 is 1.03 bits per heavy atom. The minimum Gasteiger partial charge on any atom is -0.457 e. The Kier molecular flexibility index (Phi) is 4.83. The number of piperidine rings is 3. The maximum atomic E-state index is 13.5. The van der Waals surface area contributed by atoms with Crippen LogP contribution in [0.5, 0.6) is 11.5 Å². The molecule has 29 heavy (non-hydrogen) atoms. The number of rotatable bonds is 5. The van der Waals surface area contributed by atoms with Gasteiger partial charge in [0.25, 0.3) is 0 Å². The lowest BCUT2D eigenvalue weighted by Crippen LogP contribution is -2.64. The van der Waals surface area contributed by atoms with E-state index in [4.69, 9.17) is 9.47 Å². The summed E-state index contributed by atoms with van der Waals surface area (Å²) in [6, 6.07) is 15.7. The van der Waals surface area contributed by atoms with Crippen molar-refractivity contribution in [2.75, 3.05) is 26.2 Å². The molecule has 4 heteroatoms. The molecule has 4 aliphatic heterocycles. The Hall–Kier alpha value is -2.33. The number of quaternary nitrogens is 1. The van der Waals surface area contributed by atoms with E-state index >= 15 is 0 Å². The second kappa shape index (κ2) is 7.49. The molecule has 4 aliphatic rings. The number of hydrogen-bond donors (Lipinski definition) is 0. The largest absolute Gasteiger partial charge is 0.457 e. The van der Waals surface area contributed by atoms with E-state index in [-0.39, 0.29) is 12.1 Å². The van der Waals surface area contributed by atoms with Gasteiger partial charge < -0.3 is 14.0 Å². The first-order valence-electron chi connectivity index (χ1n) is 11.1. The highest BCUT2D eigenvalue weighted by Gasteiger charge is 2.48. The summed E-state index contributed by atoms with van der Waals surface area (Å²) < 4.78 is 13.5. The van der Waals surface area contributed by atoms with E-state index in [2.05, 4.69) is 6.92 Å². The van der Waals surface area contributed by atoms with Gasteiger partial charge in [0.1, 0.15) is 24.0 Å². The molecule has 3 saturated heterocycles. The lowest BCUT2D eigenvalue weighted by Gasteiger charge is -2.52. The number of benzene rings is 2. The Bertz CT molecular complexity index is 855. The summed E-state index contributed by atoms with van der Waals surface area (Å²) in [7, 11) is 0. The van der Waals surface area contributed by atoms with E-state index in [1.165, 1.54) is 45.3 Å². The van der Waals surface area contributed by atoms with Gasteiger partial charge in [-0.25, -0.2) is 0 Å². The normalized spacial score (nSPS) is 27.6. The van der Waals surface area contributed by atoms with Crippen molar-refractivity contribution in [1.29, 1.82) is 0 Å². The number of para-hydroxylation sites is 2. The highest BCUT2D eigenvalue weighted by molar-refractivity contribution is 5.85. The predicted octanol–water partition coefficient (Wildman–Crippen LogP) is 4.88. The van der Waals surface area contributed by atoms with Crippen molar-refractivity contribution >= 4 is 5.97 Å². The second-order valence-corrected chi connectivity index (χ2v) is 8.97. The van der Waals surface area contributed by atoms with Crippen molar-refractivity contribution in [2.24, 2.45) is 5.92 Å². The quantitative estimate of drug-likeness (QED) is 0.538. The van der Waals surface area contributed by atoms with Crippen LogP contribution in [0.2, 0.25) is 0 Å². The van der Waals surface area contributed by atoms with Crippen molar-refractivity contribution in [1.82, 2.24) is 0 Å². The topological polar surface area (TPSA) is 35.5 Å². The number of esters is 1. The lowest BCUT2D eigenvalue weighted by molar-refractivity contribution is -0.946. The molecule has 0 N–H and O–H groups in total. The Morgan fingerprint density at radius 2 is 1.66 bits per heavy atom. The molecule has 4 nitrogen and oxygen atoms in total. The second-order valence-electron chi connectivity index (χ2n) is 8.97. The van der Waals surface area contributed by atoms with Crippen molar-refractivity contribution < 1.29 is 18.8 Å². The summed E-state index contributed by atoms with van der Waals surface area (Å²) in [5.41, 5.74) is 1.82. The summed E-state index contributed by atoms with van der Waals surface area (Å²) in [5, 5.41) is 0. The summed E-state index contributed by atoms with van der Waals surface area (Å²) in [6.07, 6.45) is 4.89. The van der Waals surface area contributed by atoms with Gasteiger partial charge in [0, 0.05) is 29.9 Å². The first-order chi connectivity index (χ1) is 14.2. The van der Waals surface area contributed by atoms with Crippen LogP contribution in [0, 0.1) is 5.92 Å². The van der Waals surface area contributed by atoms with Crippen LogP contribution in [-0.4, -0.2) is 42.7 Å². The molecule has 2 aromatic carbocycles. The Morgan fingerprint density at radius 3 is 2.28 bits per heavy atom. The van der Waals surface area contributed by atoms with Crippen molar-refractivity contribution in [2.45, 2.75) is 44.6 Å². The molecule has 4 heterocycles. The van der Waals surface area contributed by atoms with Crippen LogP contribution in [0.4, 0.5) is 0 Å². The first kappa shape index (κ1) is 18.7. The molecular weight excluding hydrogens is 362 g/mol. The predicted molar refractivity (Wildman–Crippen MR) is 112 cm³/mol. The average molecular weight is 393 g/mol. The van der Waals surface area contributed by atoms with Crippen molar-refractivity contribution in [3.63, 3.8) is 0 Å². The van der Waals surface area contributed by atoms with Gasteiger partial charge in [-0.3, -0.25) is 4.79 Å². The average Bonchev–Trinajstić information content (AvgIpc) is 2.76. The molecule has 2 bridgehead atoms. The minimum atomic E-state index is -0.407. The summed E-state index contributed by atoms with van der Waals surface area (Å²) in [4.78, 5) is 13.5. The molecule has 0 amide bonds. The van der Waals surface area contributed by atoms with Gasteiger partial charge in [-0.05, 0) is 18.6 Å². The lowest BCUT2D eigenvalue weighted by atomic mass is 9.82. The van der Waals surface area contributed by atoms with E-state index in [1.54, 1.807) is 0 Å². The molecule has 1 unspecified atom stereocenters. The van der Waals surface area contributed by atoms with E-state index in [0.717, 1.165) is 33.7 Å². The van der Waals surface area contributed by atoms with Gasteiger partial charge >= 0.3 is 5.97 Å². The number of carbonyl (C=O) groups is 1. The van der Waals surface area contributed by atoms with Crippen molar-refractivity contribution in [3.05, 3.63) is 59.7 Å². The molecule has 2 aromatic rings. The van der Waals surface area contributed by atoms with E-state index in [9.17, 15) is 4.79 Å². The molecule has 0 aromatic heterocycles. The summed E-state index contributed by atoms with van der Waals surface area (Å²) in [6.45, 7) is 6.97. The fourth-order valence-corrected chi connectivity index (χ4v) is 5.54. The van der Waals surface area contributed by atoms with Crippen LogP contribution in [-0.2, 0) is 9.53 Å². The third kappa shape index (κ3) is 3.33. The number of ether oxygens (including phenoxy) is 2. The maximum absolute atomic E-state index is 13.5. The molecule has 0 saturated carbocycles. The first-order valence-corrected chi connectivity index (χ1v) is 11.1. The summed E-state index contributed by atoms with van der Waals surface area (Å²) in [5.74, 6) is 1.50. The van der Waals surface area contributed by atoms with E-state index in [0.29, 0.717) is 5.92 Å². The molecule has 152 valence electrons. The van der Waals surface area contributed by atoms with Gasteiger partial charge in [-0.1, -0.05) is 49.7 Å². The zero-order chi connectivity index (χ0) is 19.8. The van der Waals surface area contributed by atoms with Gasteiger partial charge in [-0.15, -0.1) is 0 Å². The Labute approximate surface area is 173 Å². The smallest absolute Gasteiger partial charge is 0.318 e. The number of nitrogens with zero attached hydrogens (tertiary/aromatic N) is 1. The highest BCUT2D eigenvalue weighted by atomic mass is 16.5. The molecule has 6 rings (SSSR count). The standard InChI is InChI=1S/C25H30NO3/c1-2-3-14-26-15-12-18(13-16-26)23(17-26)29-25(27)24-19-8-4-6-10-21(19)28-22-11-7-5-9-20(22)24/h4-11,18,23-24H,2-3,12-17H2,1H3/q+1. The number of carbonyl (C=O) groups excluding carboxylic acids is 1. The van der Waals surface area contributed by atoms with E-state index < -0.39 is 5.92 Å². The van der Waals surface area contributed by atoms with Crippen LogP contribution in [0.15, 0.2) is 48.5 Å². The van der Waals surface area contributed by atoms with Crippen LogP contribution >= 0.6 is 0 Å². The molecule has 3 fully saturated rings. The van der Waals surface area contributed by atoms with Crippen LogP contribution in [0.1, 0.15) is 49.7 Å². The van der Waals surface area contributed by atoms with Crippen LogP contribution in [0.25, 0.3) is 0 Å². The highest BCUT2D eigenvalue weighted by Crippen LogP contribution is 2.45. The zero-order valence-electron chi connectivity index (χ0n) is 17.2. The SMILES string of the molecule is CCCC[N+]12CCC(CC1)C(OC(=O)C1c3ccccc3Oc3ccccc31)C2. The molecule has 0 aliphatic carbocycles. The van der Waals surface area contributed by atoms with Gasteiger partial charge in [0.05, 0.1) is 19.6 Å². The number of unbranched alkanes of at least 4 members (excludes halogenated alkanes) is 1. The fraction of sp³-hybridized carbons (Fsp3) is 0.480. The maximum Gasteiger partial charge on any atom is 0.318 e. The van der Waals surface area contributed by atoms with Gasteiger partial charge in [0.2, 0.25) is 0 Å². The summed E-state index contributed by atoms with van der Waals surface area (Å²) >= 11 is 0. The monoisotopic (exact) mass is 392 g/mol. The zero-order valence-corrected chi connectivity index (χ0v) is 17.2. The van der Waals surface area contributed by atoms with Crippen LogP contribution < -0.4 is 4.74 Å². The van der Waals surface area contributed by atoms with Crippen LogP contribution in [0.3, 0.4) is 0 Å². The molecule has 1 atom stereocenters. The minimum absolute atomic E-state index is 0.0454. The van der Waals surface area contributed by atoms with Crippen molar-refractivity contribution in [3.8, 4) is 11.5 Å². The fourth-order valence-electron chi connectivity index (χ4n) is 5.54. The van der Waals surface area contributed by atoms with Gasteiger partial charge in [0.15, 0.2) is 6.10 Å². The number of hydrogen-bond acceptors (Lipinski definition) is 3. The molecular formula is C25H30NO3+. The molecule has 0 spiro atoms.